The first-order valence-corrected chi connectivity index (χ1v) is 6.85. The average molecular weight is 310 g/mol. The number of Topliss-reactive ketones (excluding diaryl/α,β-unsaturated/α-hetero) is 1. The van der Waals surface area contributed by atoms with E-state index in [-0.39, 0.29) is 17.1 Å². The number of nitrogens with two attached hydrogens (primary N) is 1. The van der Waals surface area contributed by atoms with Crippen LogP contribution in [0, 0.1) is 0 Å². The summed E-state index contributed by atoms with van der Waals surface area (Å²) in [6.45, 7) is 1.49. The van der Waals surface area contributed by atoms with E-state index < -0.39 is 5.91 Å². The highest BCUT2D eigenvalue weighted by atomic mass is 16.5. The maximum Gasteiger partial charge on any atom is 0.252 e. The summed E-state index contributed by atoms with van der Waals surface area (Å²) in [6.07, 6.45) is 1.36. The van der Waals surface area contributed by atoms with Crippen molar-refractivity contribution in [2.45, 2.75) is 6.92 Å². The number of fused-ring (bicyclic) bond motifs is 1. The number of methoxy groups -OCH3 is 1. The summed E-state index contributed by atoms with van der Waals surface area (Å²) in [7, 11) is 1.44. The number of aromatic nitrogens is 3. The Balaban J connectivity index is 2.34. The summed E-state index contributed by atoms with van der Waals surface area (Å²) in [5.41, 5.74) is 7.91. The van der Waals surface area contributed by atoms with E-state index in [1.54, 1.807) is 28.8 Å². The minimum Gasteiger partial charge on any atom is -0.492 e. The minimum absolute atomic E-state index is 0.0506. The second-order valence-electron chi connectivity index (χ2n) is 4.97. The van der Waals surface area contributed by atoms with Gasteiger partial charge in [0, 0.05) is 11.1 Å². The van der Waals surface area contributed by atoms with Gasteiger partial charge in [-0.05, 0) is 19.1 Å². The zero-order chi connectivity index (χ0) is 16.6. The molecule has 1 aromatic carbocycles. The van der Waals surface area contributed by atoms with Gasteiger partial charge in [-0.1, -0.05) is 18.2 Å². The van der Waals surface area contributed by atoms with Gasteiger partial charge < -0.3 is 10.5 Å². The van der Waals surface area contributed by atoms with Crippen molar-refractivity contribution in [2.75, 3.05) is 7.11 Å². The highest BCUT2D eigenvalue weighted by Gasteiger charge is 2.19. The number of pyridine rings is 1. The van der Waals surface area contributed by atoms with Crippen LogP contribution >= 0.6 is 0 Å². The zero-order valence-electron chi connectivity index (χ0n) is 12.6. The van der Waals surface area contributed by atoms with Crippen LogP contribution in [0.25, 0.3) is 16.9 Å². The summed E-state index contributed by atoms with van der Waals surface area (Å²) < 4.78 is 6.80. The van der Waals surface area contributed by atoms with Crippen LogP contribution in [0.1, 0.15) is 27.6 Å². The molecule has 2 N–H and O–H groups in total. The summed E-state index contributed by atoms with van der Waals surface area (Å²) in [5.74, 6) is -0.414. The summed E-state index contributed by atoms with van der Waals surface area (Å²) in [5, 5.41) is 4.17. The molecule has 0 fully saturated rings. The first-order chi connectivity index (χ1) is 11.0. The quantitative estimate of drug-likeness (QED) is 0.739. The summed E-state index contributed by atoms with van der Waals surface area (Å²) in [6, 6.07) is 8.63. The van der Waals surface area contributed by atoms with E-state index in [1.165, 1.54) is 20.4 Å². The third-order valence-corrected chi connectivity index (χ3v) is 3.54. The molecule has 0 saturated carbocycles. The molecule has 2 aromatic heterocycles. The van der Waals surface area contributed by atoms with Crippen LogP contribution in [0.4, 0.5) is 0 Å². The third-order valence-electron chi connectivity index (χ3n) is 3.54. The molecule has 0 aliphatic heterocycles. The molecule has 0 spiro atoms. The van der Waals surface area contributed by atoms with E-state index >= 15 is 0 Å². The van der Waals surface area contributed by atoms with E-state index in [1.807, 2.05) is 6.07 Å². The first-order valence-electron chi connectivity index (χ1n) is 6.85. The van der Waals surface area contributed by atoms with Crippen molar-refractivity contribution in [2.24, 2.45) is 5.73 Å². The van der Waals surface area contributed by atoms with Crippen molar-refractivity contribution in [3.8, 4) is 17.0 Å². The molecule has 1 amide bonds. The van der Waals surface area contributed by atoms with Crippen LogP contribution in [0.3, 0.4) is 0 Å². The van der Waals surface area contributed by atoms with Gasteiger partial charge in [0.05, 0.1) is 18.4 Å². The maximum atomic E-state index is 11.7. The molecule has 7 heteroatoms. The molecule has 0 saturated heterocycles. The summed E-state index contributed by atoms with van der Waals surface area (Å²) >= 11 is 0. The van der Waals surface area contributed by atoms with Crippen molar-refractivity contribution >= 4 is 17.3 Å². The molecule has 0 unspecified atom stereocenters. The van der Waals surface area contributed by atoms with Crippen LogP contribution in [-0.2, 0) is 0 Å². The molecule has 0 bridgehead atoms. The third kappa shape index (κ3) is 2.42. The number of rotatable bonds is 4. The highest BCUT2D eigenvalue weighted by Crippen LogP contribution is 2.30. The summed E-state index contributed by atoms with van der Waals surface area (Å²) in [4.78, 5) is 27.5. The number of ether oxygens (including phenoxy) is 1. The lowest BCUT2D eigenvalue weighted by molar-refractivity contribution is 0.0993. The minimum atomic E-state index is -0.628. The number of primary amides is 1. The van der Waals surface area contributed by atoms with Crippen LogP contribution in [0.5, 0.6) is 5.75 Å². The van der Waals surface area contributed by atoms with Crippen LogP contribution < -0.4 is 10.5 Å². The molecule has 2 heterocycles. The van der Waals surface area contributed by atoms with E-state index in [2.05, 4.69) is 10.1 Å². The number of ketones is 1. The molecule has 7 nitrogen and oxygen atoms in total. The Labute approximate surface area is 131 Å². The molecule has 0 aliphatic carbocycles. The molecule has 23 heavy (non-hydrogen) atoms. The van der Waals surface area contributed by atoms with Crippen LogP contribution in [0.2, 0.25) is 0 Å². The molecular weight excluding hydrogens is 296 g/mol. The van der Waals surface area contributed by atoms with E-state index in [0.717, 1.165) is 5.56 Å². The topological polar surface area (TPSA) is 99.6 Å². The van der Waals surface area contributed by atoms with Crippen molar-refractivity contribution in [3.63, 3.8) is 0 Å². The molecule has 0 atom stereocenters. The molecule has 0 aliphatic rings. The predicted octanol–water partition coefficient (Wildman–Crippen LogP) is 1.71. The number of carbonyl (C=O) groups excluding carboxylic acids is 2. The Morgan fingerprint density at radius 1 is 1.26 bits per heavy atom. The smallest absolute Gasteiger partial charge is 0.252 e. The number of benzene rings is 1. The van der Waals surface area contributed by atoms with Gasteiger partial charge in [-0.25, -0.2) is 9.50 Å². The SMILES string of the molecule is COc1c(C(N)=O)cc(-c2cccc(C(C)=O)c2)n2ncnc12. The fourth-order valence-electron chi connectivity index (χ4n) is 2.44. The molecule has 3 rings (SSSR count). The molecule has 3 aromatic rings. The van der Waals surface area contributed by atoms with Gasteiger partial charge in [-0.3, -0.25) is 9.59 Å². The van der Waals surface area contributed by atoms with Gasteiger partial charge in [0.1, 0.15) is 6.33 Å². The Morgan fingerprint density at radius 3 is 2.70 bits per heavy atom. The number of hydrogen-bond donors (Lipinski definition) is 1. The zero-order valence-corrected chi connectivity index (χ0v) is 12.6. The normalized spacial score (nSPS) is 10.7. The van der Waals surface area contributed by atoms with Crippen molar-refractivity contribution < 1.29 is 14.3 Å². The Bertz CT molecular complexity index is 930. The molecule has 116 valence electrons. The van der Waals surface area contributed by atoms with E-state index in [4.69, 9.17) is 10.5 Å². The lowest BCUT2D eigenvalue weighted by Crippen LogP contribution is -2.14. The maximum absolute atomic E-state index is 11.7. The molecule has 0 radical (unpaired) electrons. The first kappa shape index (κ1) is 14.7. The van der Waals surface area contributed by atoms with E-state index in [0.29, 0.717) is 16.9 Å². The van der Waals surface area contributed by atoms with Crippen molar-refractivity contribution in [3.05, 3.63) is 47.8 Å². The number of hydrogen-bond acceptors (Lipinski definition) is 5. The largest absolute Gasteiger partial charge is 0.492 e. The Morgan fingerprint density at radius 2 is 2.04 bits per heavy atom. The second-order valence-corrected chi connectivity index (χ2v) is 4.97. The van der Waals surface area contributed by atoms with Crippen molar-refractivity contribution in [1.29, 1.82) is 0 Å². The lowest BCUT2D eigenvalue weighted by atomic mass is 10.0. The fourth-order valence-corrected chi connectivity index (χ4v) is 2.44. The van der Waals surface area contributed by atoms with Gasteiger partial charge >= 0.3 is 0 Å². The van der Waals surface area contributed by atoms with Crippen LogP contribution in [-0.4, -0.2) is 33.4 Å². The van der Waals surface area contributed by atoms with E-state index in [9.17, 15) is 9.59 Å². The van der Waals surface area contributed by atoms with Gasteiger partial charge in [0.25, 0.3) is 5.91 Å². The number of amides is 1. The van der Waals surface area contributed by atoms with Gasteiger partial charge in [0.2, 0.25) is 0 Å². The average Bonchev–Trinajstić information content (AvgIpc) is 3.02. The predicted molar refractivity (Wildman–Crippen MR) is 83.5 cm³/mol. The van der Waals surface area contributed by atoms with Gasteiger partial charge in [-0.15, -0.1) is 0 Å². The van der Waals surface area contributed by atoms with Crippen molar-refractivity contribution in [1.82, 2.24) is 14.6 Å². The van der Waals surface area contributed by atoms with Gasteiger partial charge in [0.15, 0.2) is 17.2 Å². The highest BCUT2D eigenvalue weighted by molar-refractivity contribution is 5.99. The fraction of sp³-hybridized carbons (Fsp3) is 0.125. The van der Waals surface area contributed by atoms with Gasteiger partial charge in [-0.2, -0.15) is 5.10 Å². The monoisotopic (exact) mass is 310 g/mol. The lowest BCUT2D eigenvalue weighted by Gasteiger charge is -2.12. The van der Waals surface area contributed by atoms with Crippen LogP contribution in [0.15, 0.2) is 36.7 Å². The Hall–Kier alpha value is -3.22. The molecular formula is C16H14N4O3. The number of nitrogens with zero attached hydrogens (tertiary/aromatic N) is 3. The Kier molecular flexibility index (Phi) is 3.53. The number of carbonyl (C=O) groups is 2. The second kappa shape index (κ2) is 5.53. The standard InChI is InChI=1S/C16H14N4O3/c1-9(21)10-4-3-5-11(6-10)13-7-12(15(17)22)14(23-2)16-18-8-19-20(13)16/h3-8H,1-2H3,(H2,17,22).